The maximum Gasteiger partial charge on any atom is 0.339 e. The van der Waals surface area contributed by atoms with Gasteiger partial charge in [-0.05, 0) is 42.0 Å². The number of methoxy groups -OCH3 is 1. The molecule has 0 bridgehead atoms. The zero-order valence-electron chi connectivity index (χ0n) is 17.3. The first-order valence-corrected chi connectivity index (χ1v) is 9.88. The van der Waals surface area contributed by atoms with Crippen molar-refractivity contribution in [3.63, 3.8) is 0 Å². The molecule has 160 valence electrons. The second kappa shape index (κ2) is 11.9. The van der Waals surface area contributed by atoms with E-state index in [1.807, 2.05) is 66.7 Å². The number of hydrazone groups is 1. The predicted octanol–water partition coefficient (Wildman–Crippen LogP) is 4.70. The molecule has 0 aliphatic heterocycles. The highest BCUT2D eigenvalue weighted by Gasteiger charge is 2.00. The van der Waals surface area contributed by atoms with Crippen LogP contribution in [0, 0.1) is 0 Å². The minimum Gasteiger partial charge on any atom is -0.497 e. The fourth-order valence-corrected chi connectivity index (χ4v) is 2.66. The summed E-state index contributed by atoms with van der Waals surface area (Å²) >= 11 is 0. The molecule has 0 aromatic heterocycles. The monoisotopic (exact) mass is 419 g/mol. The van der Waals surface area contributed by atoms with Gasteiger partial charge >= 0.3 is 6.03 Å². The van der Waals surface area contributed by atoms with Crippen LogP contribution in [-0.2, 0) is 0 Å². The van der Waals surface area contributed by atoms with Crippen LogP contribution in [0.1, 0.15) is 12.0 Å². The normalized spacial score (nSPS) is 10.5. The Balaban J connectivity index is 1.38. The van der Waals surface area contributed by atoms with Gasteiger partial charge < -0.3 is 19.5 Å². The van der Waals surface area contributed by atoms with E-state index >= 15 is 0 Å². The van der Waals surface area contributed by atoms with Crippen molar-refractivity contribution in [2.45, 2.75) is 6.42 Å². The summed E-state index contributed by atoms with van der Waals surface area (Å²) in [7, 11) is 1.63. The zero-order valence-corrected chi connectivity index (χ0v) is 17.3. The molecule has 2 amide bonds. The van der Waals surface area contributed by atoms with Crippen LogP contribution in [0.5, 0.6) is 17.2 Å². The first-order chi connectivity index (χ1) is 15.2. The molecule has 0 aliphatic rings. The Bertz CT molecular complexity index is 993. The zero-order chi connectivity index (χ0) is 21.7. The van der Waals surface area contributed by atoms with Crippen LogP contribution in [0.3, 0.4) is 0 Å². The fourth-order valence-electron chi connectivity index (χ4n) is 2.66. The Morgan fingerprint density at radius 2 is 1.55 bits per heavy atom. The molecule has 0 fully saturated rings. The average molecular weight is 419 g/mol. The third-order valence-electron chi connectivity index (χ3n) is 4.14. The van der Waals surface area contributed by atoms with Crippen molar-refractivity contribution in [2.24, 2.45) is 5.10 Å². The summed E-state index contributed by atoms with van der Waals surface area (Å²) in [5.74, 6) is 2.25. The van der Waals surface area contributed by atoms with Gasteiger partial charge in [0.05, 0.1) is 26.5 Å². The van der Waals surface area contributed by atoms with Crippen LogP contribution in [0.15, 0.2) is 84.0 Å². The van der Waals surface area contributed by atoms with Crippen molar-refractivity contribution >= 4 is 17.9 Å². The number of carbonyl (C=O) groups excluding carboxylic acids is 1. The van der Waals surface area contributed by atoms with Crippen LogP contribution >= 0.6 is 0 Å². The van der Waals surface area contributed by atoms with Gasteiger partial charge in [-0.25, -0.2) is 10.2 Å². The van der Waals surface area contributed by atoms with E-state index in [4.69, 9.17) is 14.2 Å². The van der Waals surface area contributed by atoms with Crippen molar-refractivity contribution in [3.05, 3.63) is 84.4 Å². The highest BCUT2D eigenvalue weighted by atomic mass is 16.5. The summed E-state index contributed by atoms with van der Waals surface area (Å²) in [6.45, 7) is 1.05. The van der Waals surface area contributed by atoms with Crippen LogP contribution in [0.2, 0.25) is 0 Å². The number of para-hydroxylation sites is 1. The molecule has 7 heteroatoms. The second-order valence-corrected chi connectivity index (χ2v) is 6.49. The SMILES string of the molecule is COc1cccc(OCCCOc2cccc(/C=N/NC(=O)Nc3ccccc3)c2)c1. The summed E-state index contributed by atoms with van der Waals surface area (Å²) in [6, 6.07) is 23.7. The van der Waals surface area contributed by atoms with Crippen molar-refractivity contribution < 1.29 is 19.0 Å². The molecule has 0 aliphatic carbocycles. The van der Waals surface area contributed by atoms with Crippen LogP contribution in [-0.4, -0.2) is 32.6 Å². The highest BCUT2D eigenvalue weighted by Crippen LogP contribution is 2.19. The first kappa shape index (κ1) is 21.7. The van der Waals surface area contributed by atoms with Gasteiger partial charge in [0.2, 0.25) is 0 Å². The Kier molecular flexibility index (Phi) is 8.31. The molecule has 0 saturated carbocycles. The van der Waals surface area contributed by atoms with E-state index in [1.54, 1.807) is 25.5 Å². The molecule has 0 radical (unpaired) electrons. The molecule has 0 saturated heterocycles. The van der Waals surface area contributed by atoms with E-state index < -0.39 is 6.03 Å². The van der Waals surface area contributed by atoms with Gasteiger partial charge in [-0.1, -0.05) is 36.4 Å². The highest BCUT2D eigenvalue weighted by molar-refractivity contribution is 5.90. The molecule has 0 spiro atoms. The number of urea groups is 1. The summed E-state index contributed by atoms with van der Waals surface area (Å²) in [4.78, 5) is 11.8. The number of anilines is 1. The molecule has 0 heterocycles. The van der Waals surface area contributed by atoms with E-state index in [0.29, 0.717) is 18.9 Å². The molecule has 0 unspecified atom stereocenters. The number of nitrogens with one attached hydrogen (secondary N) is 2. The summed E-state index contributed by atoms with van der Waals surface area (Å²) in [6.07, 6.45) is 2.29. The predicted molar refractivity (Wildman–Crippen MR) is 121 cm³/mol. The molecular weight excluding hydrogens is 394 g/mol. The molecule has 3 aromatic rings. The van der Waals surface area contributed by atoms with Gasteiger partial charge in [0.15, 0.2) is 0 Å². The number of rotatable bonds is 10. The van der Waals surface area contributed by atoms with E-state index in [0.717, 1.165) is 29.2 Å². The number of hydrogen-bond acceptors (Lipinski definition) is 5. The van der Waals surface area contributed by atoms with Gasteiger partial charge in [-0.3, -0.25) is 0 Å². The van der Waals surface area contributed by atoms with Crippen LogP contribution < -0.4 is 25.0 Å². The van der Waals surface area contributed by atoms with Gasteiger partial charge in [0.25, 0.3) is 0 Å². The minimum absolute atomic E-state index is 0.411. The van der Waals surface area contributed by atoms with Crippen molar-refractivity contribution in [1.29, 1.82) is 0 Å². The van der Waals surface area contributed by atoms with E-state index in [-0.39, 0.29) is 0 Å². The van der Waals surface area contributed by atoms with Gasteiger partial charge in [-0.2, -0.15) is 5.10 Å². The average Bonchev–Trinajstić information content (AvgIpc) is 2.80. The number of benzene rings is 3. The van der Waals surface area contributed by atoms with Crippen LogP contribution in [0.25, 0.3) is 0 Å². The maximum atomic E-state index is 11.8. The van der Waals surface area contributed by atoms with Gasteiger partial charge in [-0.15, -0.1) is 0 Å². The van der Waals surface area contributed by atoms with E-state index in [1.165, 1.54) is 0 Å². The molecule has 2 N–H and O–H groups in total. The number of carbonyl (C=O) groups is 1. The fraction of sp³-hybridized carbons (Fsp3) is 0.167. The van der Waals surface area contributed by atoms with Crippen molar-refractivity contribution in [3.8, 4) is 17.2 Å². The maximum absolute atomic E-state index is 11.8. The molecule has 0 atom stereocenters. The quantitative estimate of drug-likeness (QED) is 0.284. The lowest BCUT2D eigenvalue weighted by Crippen LogP contribution is -2.24. The number of nitrogens with zero attached hydrogens (tertiary/aromatic N) is 1. The smallest absolute Gasteiger partial charge is 0.339 e. The molecule has 7 nitrogen and oxygen atoms in total. The molecule has 3 aromatic carbocycles. The Hall–Kier alpha value is -4.00. The van der Waals surface area contributed by atoms with Crippen LogP contribution in [0.4, 0.5) is 10.5 Å². The third kappa shape index (κ3) is 7.74. The van der Waals surface area contributed by atoms with E-state index in [2.05, 4.69) is 15.8 Å². The molecular formula is C24H25N3O4. The second-order valence-electron chi connectivity index (χ2n) is 6.49. The van der Waals surface area contributed by atoms with Crippen molar-refractivity contribution in [2.75, 3.05) is 25.6 Å². The standard InChI is InChI=1S/C24H25N3O4/c1-29-21-11-6-13-23(17-21)31-15-7-14-30-22-12-5-8-19(16-22)18-25-27-24(28)26-20-9-3-2-4-10-20/h2-6,8-13,16-18H,7,14-15H2,1H3,(H2,26,27,28)/b25-18+. The van der Waals surface area contributed by atoms with Gasteiger partial charge in [0.1, 0.15) is 17.2 Å². The summed E-state index contributed by atoms with van der Waals surface area (Å²) < 4.78 is 16.6. The first-order valence-electron chi connectivity index (χ1n) is 9.88. The lowest BCUT2D eigenvalue weighted by atomic mass is 10.2. The number of ether oxygens (including phenoxy) is 3. The number of hydrogen-bond donors (Lipinski definition) is 2. The number of amides is 2. The van der Waals surface area contributed by atoms with Crippen molar-refractivity contribution in [1.82, 2.24) is 5.43 Å². The Morgan fingerprint density at radius 1 is 0.871 bits per heavy atom. The van der Waals surface area contributed by atoms with Gasteiger partial charge in [0, 0.05) is 18.2 Å². The minimum atomic E-state index is -0.411. The largest absolute Gasteiger partial charge is 0.497 e. The lowest BCUT2D eigenvalue weighted by Gasteiger charge is -2.09. The molecule has 3 rings (SSSR count). The summed E-state index contributed by atoms with van der Waals surface area (Å²) in [5, 5.41) is 6.65. The van der Waals surface area contributed by atoms with E-state index in [9.17, 15) is 4.79 Å². The lowest BCUT2D eigenvalue weighted by molar-refractivity contribution is 0.247. The summed E-state index contributed by atoms with van der Waals surface area (Å²) in [5.41, 5.74) is 3.94. The topological polar surface area (TPSA) is 81.2 Å². The Morgan fingerprint density at radius 3 is 2.29 bits per heavy atom. The molecule has 31 heavy (non-hydrogen) atoms. The Labute approximate surface area is 181 Å². The third-order valence-corrected chi connectivity index (χ3v) is 4.14.